The molecule has 0 atom stereocenters. The predicted molar refractivity (Wildman–Crippen MR) is 66.8 cm³/mol. The van der Waals surface area contributed by atoms with Gasteiger partial charge in [0.25, 0.3) is 0 Å². The Morgan fingerprint density at radius 1 is 1.28 bits per heavy atom. The van der Waals surface area contributed by atoms with Crippen molar-refractivity contribution in [1.29, 1.82) is 0 Å². The lowest BCUT2D eigenvalue weighted by atomic mass is 10.5. The molecule has 0 spiro atoms. The molecule has 0 radical (unpaired) electrons. The quantitative estimate of drug-likeness (QED) is 0.833. The third kappa shape index (κ3) is 3.78. The lowest BCUT2D eigenvalue weighted by Crippen LogP contribution is -2.02. The number of aromatic nitrogens is 5. The summed E-state index contributed by atoms with van der Waals surface area (Å²) in [5.74, 6) is 0. The van der Waals surface area contributed by atoms with Gasteiger partial charge in [0.05, 0.1) is 12.8 Å². The molecule has 0 fully saturated rings. The van der Waals surface area contributed by atoms with Crippen molar-refractivity contribution in [1.82, 2.24) is 24.9 Å². The van der Waals surface area contributed by atoms with Crippen molar-refractivity contribution in [3.63, 3.8) is 0 Å². The van der Waals surface area contributed by atoms with E-state index in [1.54, 1.807) is 18.6 Å². The van der Waals surface area contributed by atoms with Gasteiger partial charge in [0, 0.05) is 12.4 Å². The topological polar surface area (TPSA) is 73.7 Å². The molecule has 18 heavy (non-hydrogen) atoms. The zero-order chi connectivity index (χ0) is 12.8. The highest BCUT2D eigenvalue weighted by molar-refractivity contribution is 7.99. The van der Waals surface area contributed by atoms with E-state index in [1.807, 2.05) is 6.92 Å². The van der Waals surface area contributed by atoms with Gasteiger partial charge in [-0.1, -0.05) is 6.92 Å². The van der Waals surface area contributed by atoms with Gasteiger partial charge < -0.3 is 4.74 Å². The van der Waals surface area contributed by atoms with Crippen LogP contribution in [-0.2, 0) is 0 Å². The molecular formula is C10H10ClN5OS. The molecule has 0 aromatic carbocycles. The number of hydrogen-bond acceptors (Lipinski definition) is 7. The summed E-state index contributed by atoms with van der Waals surface area (Å²) in [6, 6.07) is 0.225. The molecule has 0 aliphatic heterocycles. The predicted octanol–water partition coefficient (Wildman–Crippen LogP) is 2.25. The third-order valence-electron chi connectivity index (χ3n) is 1.74. The number of nitrogens with zero attached hydrogens (tertiary/aromatic N) is 5. The van der Waals surface area contributed by atoms with Crippen molar-refractivity contribution in [2.24, 2.45) is 0 Å². The van der Waals surface area contributed by atoms with Crippen LogP contribution in [0.2, 0.25) is 5.28 Å². The highest BCUT2D eigenvalue weighted by Gasteiger charge is 2.08. The molecule has 2 rings (SSSR count). The van der Waals surface area contributed by atoms with Gasteiger partial charge in [0.15, 0.2) is 0 Å². The van der Waals surface area contributed by atoms with Crippen LogP contribution in [0.3, 0.4) is 0 Å². The molecule has 0 saturated carbocycles. The van der Waals surface area contributed by atoms with Gasteiger partial charge in [-0.25, -0.2) is 4.98 Å². The van der Waals surface area contributed by atoms with Gasteiger partial charge in [0.1, 0.15) is 5.03 Å². The Labute approximate surface area is 113 Å². The molecule has 0 saturated heterocycles. The second-order valence-corrected chi connectivity index (χ2v) is 4.49. The van der Waals surface area contributed by atoms with Crippen molar-refractivity contribution >= 4 is 23.4 Å². The van der Waals surface area contributed by atoms with E-state index in [9.17, 15) is 0 Å². The first-order valence-corrected chi connectivity index (χ1v) is 6.45. The van der Waals surface area contributed by atoms with E-state index in [1.165, 1.54) is 11.8 Å². The normalized spacial score (nSPS) is 10.3. The molecule has 6 nitrogen and oxygen atoms in total. The summed E-state index contributed by atoms with van der Waals surface area (Å²) in [6.45, 7) is 2.54. The zero-order valence-corrected chi connectivity index (χ0v) is 11.1. The Balaban J connectivity index is 2.15. The Morgan fingerprint density at radius 3 is 2.89 bits per heavy atom. The fraction of sp³-hybridized carbons (Fsp3) is 0.300. The molecule has 2 heterocycles. The average molecular weight is 284 g/mol. The smallest absolute Gasteiger partial charge is 0.321 e. The molecule has 94 valence electrons. The van der Waals surface area contributed by atoms with Crippen LogP contribution in [-0.4, -0.2) is 31.5 Å². The van der Waals surface area contributed by atoms with Crippen LogP contribution in [0.5, 0.6) is 6.01 Å². The van der Waals surface area contributed by atoms with E-state index in [0.29, 0.717) is 16.8 Å². The number of rotatable bonds is 5. The van der Waals surface area contributed by atoms with Gasteiger partial charge in [-0.2, -0.15) is 15.0 Å². The maximum atomic E-state index is 5.80. The molecular weight excluding hydrogens is 274 g/mol. The standard InChI is InChI=1S/C10H10ClN5OS/c1-2-5-17-9-14-8(11)15-10(16-9)18-7-6-12-3-4-13-7/h3-4,6H,2,5H2,1H3. The van der Waals surface area contributed by atoms with E-state index in [4.69, 9.17) is 16.3 Å². The van der Waals surface area contributed by atoms with Gasteiger partial charge in [0.2, 0.25) is 10.4 Å². The van der Waals surface area contributed by atoms with Crippen LogP contribution >= 0.6 is 23.4 Å². The summed E-state index contributed by atoms with van der Waals surface area (Å²) < 4.78 is 5.32. The van der Waals surface area contributed by atoms with Crippen LogP contribution in [0.4, 0.5) is 0 Å². The molecule has 0 aliphatic carbocycles. The summed E-state index contributed by atoms with van der Waals surface area (Å²) in [4.78, 5) is 20.1. The monoisotopic (exact) mass is 283 g/mol. The molecule has 0 N–H and O–H groups in total. The molecule has 0 unspecified atom stereocenters. The van der Waals surface area contributed by atoms with Gasteiger partial charge >= 0.3 is 6.01 Å². The molecule has 0 amide bonds. The molecule has 0 aliphatic rings. The Morgan fingerprint density at radius 2 is 2.17 bits per heavy atom. The molecule has 0 bridgehead atoms. The SMILES string of the molecule is CCCOc1nc(Cl)nc(Sc2cnccn2)n1. The first kappa shape index (κ1) is 13.0. The lowest BCUT2D eigenvalue weighted by Gasteiger charge is -2.04. The van der Waals surface area contributed by atoms with E-state index in [-0.39, 0.29) is 11.3 Å². The summed E-state index contributed by atoms with van der Waals surface area (Å²) in [5.41, 5.74) is 0. The second kappa shape index (κ2) is 6.46. The van der Waals surface area contributed by atoms with Crippen LogP contribution < -0.4 is 4.74 Å². The number of halogens is 1. The first-order chi connectivity index (χ1) is 8.78. The highest BCUT2D eigenvalue weighted by Crippen LogP contribution is 2.23. The Hall–Kier alpha value is -1.47. The van der Waals surface area contributed by atoms with Gasteiger partial charge in [-0.05, 0) is 29.8 Å². The first-order valence-electron chi connectivity index (χ1n) is 5.26. The van der Waals surface area contributed by atoms with Crippen molar-refractivity contribution < 1.29 is 4.74 Å². The van der Waals surface area contributed by atoms with E-state index in [2.05, 4.69) is 24.9 Å². The maximum Gasteiger partial charge on any atom is 0.321 e. The summed E-state index contributed by atoms with van der Waals surface area (Å²) in [6.07, 6.45) is 5.69. The van der Waals surface area contributed by atoms with Crippen molar-refractivity contribution in [2.75, 3.05) is 6.61 Å². The van der Waals surface area contributed by atoms with Crippen molar-refractivity contribution in [3.8, 4) is 6.01 Å². The van der Waals surface area contributed by atoms with E-state index >= 15 is 0 Å². The largest absolute Gasteiger partial charge is 0.463 e. The third-order valence-corrected chi connectivity index (χ3v) is 2.69. The van der Waals surface area contributed by atoms with Gasteiger partial charge in [-0.3, -0.25) is 4.98 Å². The average Bonchev–Trinajstić information content (AvgIpc) is 2.37. The maximum absolute atomic E-state index is 5.80. The Bertz CT molecular complexity index is 513. The van der Waals surface area contributed by atoms with Crippen LogP contribution in [0.25, 0.3) is 0 Å². The van der Waals surface area contributed by atoms with E-state index < -0.39 is 0 Å². The van der Waals surface area contributed by atoms with Crippen molar-refractivity contribution in [3.05, 3.63) is 23.9 Å². The van der Waals surface area contributed by atoms with E-state index in [0.717, 1.165) is 6.42 Å². The minimum absolute atomic E-state index is 0.0995. The molecule has 8 heteroatoms. The van der Waals surface area contributed by atoms with Crippen LogP contribution in [0.1, 0.15) is 13.3 Å². The van der Waals surface area contributed by atoms with Gasteiger partial charge in [-0.15, -0.1) is 0 Å². The number of hydrogen-bond donors (Lipinski definition) is 0. The molecule has 2 aromatic rings. The zero-order valence-electron chi connectivity index (χ0n) is 9.58. The summed E-state index contributed by atoms with van der Waals surface area (Å²) in [7, 11) is 0. The van der Waals surface area contributed by atoms with Crippen molar-refractivity contribution in [2.45, 2.75) is 23.5 Å². The van der Waals surface area contributed by atoms with Crippen LogP contribution in [0, 0.1) is 0 Å². The summed E-state index contributed by atoms with van der Waals surface area (Å²) >= 11 is 7.05. The number of ether oxygens (including phenoxy) is 1. The fourth-order valence-corrected chi connectivity index (χ4v) is 1.92. The summed E-state index contributed by atoms with van der Waals surface area (Å²) in [5, 5.41) is 1.21. The second-order valence-electron chi connectivity index (χ2n) is 3.16. The van der Waals surface area contributed by atoms with Crippen LogP contribution in [0.15, 0.2) is 28.8 Å². The lowest BCUT2D eigenvalue weighted by molar-refractivity contribution is 0.288. The fourth-order valence-electron chi connectivity index (χ4n) is 1.05. The minimum Gasteiger partial charge on any atom is -0.463 e. The highest BCUT2D eigenvalue weighted by atomic mass is 35.5. The molecule has 2 aromatic heterocycles. The minimum atomic E-state index is 0.0995. The Kier molecular flexibility index (Phi) is 4.66.